The molecule has 18 heteroatoms. The Bertz CT molecular complexity index is 3170. The number of quaternary nitrogens is 3. The minimum Gasteiger partial charge on any atom is -1.00 e. The van der Waals surface area contributed by atoms with Crippen LogP contribution in [0.2, 0.25) is 0 Å². The van der Waals surface area contributed by atoms with Gasteiger partial charge in [0.05, 0.1) is 68.7 Å². The highest BCUT2D eigenvalue weighted by molar-refractivity contribution is 7.12. The van der Waals surface area contributed by atoms with Crippen LogP contribution in [0.1, 0.15) is 116 Å². The lowest BCUT2D eigenvalue weighted by molar-refractivity contribution is -0.946. The predicted molar refractivity (Wildman–Crippen MR) is 343 cm³/mol. The largest absolute Gasteiger partial charge is 1.00 e. The summed E-state index contributed by atoms with van der Waals surface area (Å²) in [7, 11) is 0. The van der Waals surface area contributed by atoms with E-state index in [9.17, 15) is 24.6 Å². The third-order valence-electron chi connectivity index (χ3n) is 21.3. The predicted octanol–water partition coefficient (Wildman–Crippen LogP) is 3.98. The van der Waals surface area contributed by atoms with Crippen molar-refractivity contribution in [2.24, 2.45) is 17.8 Å². The third kappa shape index (κ3) is 13.8. The molecule has 0 saturated carbocycles. The number of rotatable bonds is 18. The number of hydrogen-bond acceptors (Lipinski definition) is 12. The van der Waals surface area contributed by atoms with E-state index in [1.165, 1.54) is 87.5 Å². The summed E-state index contributed by atoms with van der Waals surface area (Å²) in [6, 6.07) is 37.3. The van der Waals surface area contributed by atoms with Crippen molar-refractivity contribution in [3.05, 3.63) is 189 Å². The Hall–Kier alpha value is -4.99. The molecule has 91 heavy (non-hydrogen) atoms. The van der Waals surface area contributed by atoms with Crippen LogP contribution in [0, 0.1) is 17.8 Å². The number of aliphatic hydroxyl groups is 2. The molecule has 488 valence electrons. The SMILES string of the molecule is C=CC[N+]12CCC(CC1)[C@@H](OC(=O)C1(C)c3ccccc3Oc3ccccc31)C2.C=CC[N+]12CCC(CC1)[C@@H](OC(=O)C1(O)c3ccccc3Oc3ccccc31)C2.CCCCCCC[N+]12CCC(CC1)[C@@H](OC(=O)C(O)(c1cccs1)c1cccs1)C2.[Br-].[Br-].[Br-]. The normalized spacial score (nSPS) is 26.8. The number of unbranched alkanes of at least 4 members (excludes halogenated alkanes) is 4. The van der Waals surface area contributed by atoms with Crippen LogP contribution >= 0.6 is 22.7 Å². The molecule has 13 nitrogen and oxygen atoms in total. The zero-order valence-corrected chi connectivity index (χ0v) is 58.8. The monoisotopic (exact) mass is 1470 g/mol. The number of esters is 3. The van der Waals surface area contributed by atoms with Crippen molar-refractivity contribution < 1.29 is 113 Å². The Kier molecular flexibility index (Phi) is 23.0. The first kappa shape index (κ1) is 70.3. The Labute approximate surface area is 577 Å². The first-order valence-corrected chi connectivity index (χ1v) is 34.1. The molecule has 0 unspecified atom stereocenters. The average molecular weight is 1470 g/mol. The van der Waals surface area contributed by atoms with Crippen molar-refractivity contribution >= 4 is 40.6 Å². The first-order chi connectivity index (χ1) is 42.7. The van der Waals surface area contributed by atoms with Gasteiger partial charge in [-0.1, -0.05) is 124 Å². The van der Waals surface area contributed by atoms with Gasteiger partial charge in [0.1, 0.15) is 48.0 Å². The first-order valence-electron chi connectivity index (χ1n) is 32.4. The maximum absolute atomic E-state index is 13.7. The molecular formula is C73H88Br3N3O10S2. The second-order valence-electron chi connectivity index (χ2n) is 26.5. The molecule has 4 aromatic carbocycles. The molecule has 0 aliphatic carbocycles. The van der Waals surface area contributed by atoms with E-state index in [1.807, 2.05) is 115 Å². The van der Waals surface area contributed by atoms with E-state index < -0.39 is 28.6 Å². The van der Waals surface area contributed by atoms with Crippen LogP contribution in [0.4, 0.5) is 0 Å². The van der Waals surface area contributed by atoms with Crippen LogP contribution in [-0.4, -0.2) is 138 Å². The highest BCUT2D eigenvalue weighted by Crippen LogP contribution is 2.51. The molecule has 9 fully saturated rings. The minimum atomic E-state index is -1.87. The Balaban J connectivity index is 0.000000159. The summed E-state index contributed by atoms with van der Waals surface area (Å²) in [5, 5.41) is 27.1. The fourth-order valence-electron chi connectivity index (χ4n) is 16.1. The number of fused-ring (bicyclic) bond motifs is 13. The van der Waals surface area contributed by atoms with Gasteiger partial charge < -0.3 is 98.3 Å². The molecule has 2 aromatic heterocycles. The topological polar surface area (TPSA) is 138 Å². The zero-order valence-electron chi connectivity index (χ0n) is 52.5. The molecule has 0 spiro atoms. The van der Waals surface area contributed by atoms with Crippen LogP contribution in [0.3, 0.4) is 0 Å². The highest BCUT2D eigenvalue weighted by atomic mass is 79.9. The molecule has 0 amide bonds. The number of thiophene rings is 2. The number of ether oxygens (including phenoxy) is 5. The molecule has 9 saturated heterocycles. The fourth-order valence-corrected chi connectivity index (χ4v) is 17.8. The molecule has 2 N–H and O–H groups in total. The van der Waals surface area contributed by atoms with Gasteiger partial charge in [0, 0.05) is 78.5 Å². The summed E-state index contributed by atoms with van der Waals surface area (Å²) in [5.74, 6) is 2.40. The van der Waals surface area contributed by atoms with Crippen molar-refractivity contribution in [3.63, 3.8) is 0 Å². The quantitative estimate of drug-likeness (QED) is 0.0428. The summed E-state index contributed by atoms with van der Waals surface area (Å²) < 4.78 is 33.5. The van der Waals surface area contributed by atoms with Crippen molar-refractivity contribution in [1.29, 1.82) is 0 Å². The van der Waals surface area contributed by atoms with E-state index in [4.69, 9.17) is 23.7 Å². The molecule has 13 heterocycles. The Morgan fingerprint density at radius 3 is 1.33 bits per heavy atom. The number of carbonyl (C=O) groups excluding carboxylic acids is 3. The molecule has 6 aromatic rings. The lowest BCUT2D eigenvalue weighted by Gasteiger charge is -2.52. The molecule has 3 atom stereocenters. The molecule has 11 aliphatic rings. The van der Waals surface area contributed by atoms with Crippen LogP contribution < -0.4 is 60.4 Å². The lowest BCUT2D eigenvalue weighted by Crippen LogP contribution is -3.00. The van der Waals surface area contributed by atoms with Gasteiger partial charge >= 0.3 is 17.9 Å². The summed E-state index contributed by atoms with van der Waals surface area (Å²) in [6.07, 6.45) is 16.8. The van der Waals surface area contributed by atoms with Gasteiger partial charge in [-0.15, -0.1) is 22.7 Å². The van der Waals surface area contributed by atoms with Gasteiger partial charge in [0.2, 0.25) is 11.2 Å². The number of carbonyl (C=O) groups is 3. The number of para-hydroxylation sites is 4. The molecule has 17 rings (SSSR count). The van der Waals surface area contributed by atoms with Crippen LogP contribution in [0.15, 0.2) is 157 Å². The minimum absolute atomic E-state index is 0. The van der Waals surface area contributed by atoms with Crippen LogP contribution in [-0.2, 0) is 45.2 Å². The smallest absolute Gasteiger partial charge is 0.349 e. The van der Waals surface area contributed by atoms with Gasteiger partial charge in [-0.05, 0) is 79.1 Å². The summed E-state index contributed by atoms with van der Waals surface area (Å²) in [6.45, 7) is 24.7. The number of halogens is 3. The number of nitrogens with zero attached hydrogens (tertiary/aromatic N) is 3. The number of piperidine rings is 9. The van der Waals surface area contributed by atoms with Gasteiger partial charge in [0.15, 0.2) is 18.3 Å². The van der Waals surface area contributed by atoms with Crippen molar-refractivity contribution in [1.82, 2.24) is 0 Å². The maximum atomic E-state index is 13.7. The summed E-state index contributed by atoms with van der Waals surface area (Å²) in [4.78, 5) is 41.9. The van der Waals surface area contributed by atoms with Crippen molar-refractivity contribution in [2.45, 2.75) is 119 Å². The highest BCUT2D eigenvalue weighted by Gasteiger charge is 2.55. The third-order valence-corrected chi connectivity index (χ3v) is 23.2. The fraction of sp³-hybridized carbons (Fsp3) is 0.466. The van der Waals surface area contributed by atoms with Gasteiger partial charge in [-0.2, -0.15) is 0 Å². The lowest BCUT2D eigenvalue weighted by atomic mass is 9.73. The Morgan fingerprint density at radius 1 is 0.538 bits per heavy atom. The van der Waals surface area contributed by atoms with E-state index in [0.717, 1.165) is 120 Å². The van der Waals surface area contributed by atoms with Crippen LogP contribution in [0.25, 0.3) is 0 Å². The zero-order chi connectivity index (χ0) is 61.2. The van der Waals surface area contributed by atoms with Crippen LogP contribution in [0.5, 0.6) is 23.0 Å². The van der Waals surface area contributed by atoms with Gasteiger partial charge in [-0.3, -0.25) is 4.79 Å². The van der Waals surface area contributed by atoms with E-state index in [2.05, 4.69) is 20.1 Å². The summed E-state index contributed by atoms with van der Waals surface area (Å²) in [5.41, 5.74) is -1.83. The Morgan fingerprint density at radius 2 is 0.912 bits per heavy atom. The van der Waals surface area contributed by atoms with E-state index in [0.29, 0.717) is 50.1 Å². The second kappa shape index (κ2) is 29.8. The van der Waals surface area contributed by atoms with E-state index in [-0.39, 0.29) is 75.2 Å². The summed E-state index contributed by atoms with van der Waals surface area (Å²) >= 11 is 2.80. The number of benzene rings is 4. The van der Waals surface area contributed by atoms with E-state index in [1.54, 1.807) is 36.4 Å². The molecule has 0 radical (unpaired) electrons. The average Bonchev–Trinajstić information content (AvgIpc) is 1.20. The van der Waals surface area contributed by atoms with Gasteiger partial charge in [-0.25, -0.2) is 9.59 Å². The number of hydrogen-bond donors (Lipinski definition) is 2. The van der Waals surface area contributed by atoms with E-state index >= 15 is 0 Å². The maximum Gasteiger partial charge on any atom is 0.349 e. The second-order valence-corrected chi connectivity index (χ2v) is 28.4. The molecular weight excluding hydrogens is 1380 g/mol. The van der Waals surface area contributed by atoms with Crippen molar-refractivity contribution in [3.8, 4) is 23.0 Å². The molecule has 6 bridgehead atoms. The van der Waals surface area contributed by atoms with Gasteiger partial charge in [0.25, 0.3) is 0 Å². The molecule has 11 aliphatic heterocycles. The van der Waals surface area contributed by atoms with Crippen molar-refractivity contribution in [2.75, 3.05) is 78.5 Å². The standard InChI is InChI=1S/C25H28NO3.C24H26NO4.C24H34NO3S2.3BrH/c1-3-14-26-15-12-18(13-16-26)23(17-26)29-24(27)25(2)19-8-4-6-10-21(19)28-22-11-7-5-9-20(22)25;1-2-13-25-14-11-17(12-15-25)22(16-25)29-23(26)24(27)18-7-3-5-9-20(18)28-21-10-6-4-8-19(21)24;1-2-3-4-5-6-13-25-14-11-19(12-15-25)20(18-25)28-23(26)24(27,21-9-7-16-29-21)22-10-8-17-30-22;;;/h3-11,18,23H,1,12-17H2,2H3;2-10,17,22,27H,1,11-16H2;7-10,16-17,19-20,27H,2-6,11-15,18H2,1H3;3*1H/q3*+1;;;/p-3/t18?,23-,26?;17?,22-,25?;19?,20-,25?;;;/m000.../s1.